The summed E-state index contributed by atoms with van der Waals surface area (Å²) in [6.07, 6.45) is 1.49. The fourth-order valence-electron chi connectivity index (χ4n) is 4.21. The number of aliphatic carboxylic acids is 1. The van der Waals surface area contributed by atoms with E-state index in [9.17, 15) is 27.2 Å². The minimum atomic E-state index is -1.80. The van der Waals surface area contributed by atoms with Crippen LogP contribution in [0.3, 0.4) is 0 Å². The molecule has 3 heterocycles. The second-order valence-electron chi connectivity index (χ2n) is 8.29. The maximum Gasteiger partial charge on any atom is 0.394 e. The minimum Gasteiger partial charge on any atom is -0.474 e. The minimum absolute atomic E-state index is 0.00183. The molecule has 0 aliphatic carbocycles. The zero-order chi connectivity index (χ0) is 27.3. The van der Waals surface area contributed by atoms with Crippen LogP contribution in [-0.4, -0.2) is 54.7 Å². The lowest BCUT2D eigenvalue weighted by Gasteiger charge is -2.14. The van der Waals surface area contributed by atoms with E-state index < -0.39 is 58.5 Å². The number of benzene rings is 2. The molecule has 1 fully saturated rings. The molecule has 3 N–H and O–H groups in total. The molecule has 1 saturated heterocycles. The number of carboxylic acid groups (broad SMARTS) is 1. The van der Waals surface area contributed by atoms with Gasteiger partial charge in [-0.3, -0.25) is 4.79 Å². The van der Waals surface area contributed by atoms with Crippen LogP contribution < -0.4 is 10.5 Å². The number of hydrogen-bond acceptors (Lipinski definition) is 7. The van der Waals surface area contributed by atoms with Crippen molar-refractivity contribution in [3.63, 3.8) is 0 Å². The second-order valence-corrected chi connectivity index (χ2v) is 8.29. The Bertz CT molecular complexity index is 1600. The first-order chi connectivity index (χ1) is 18.1. The van der Waals surface area contributed by atoms with Gasteiger partial charge in [0.1, 0.15) is 29.4 Å². The first kappa shape index (κ1) is 24.9. The number of aromatic nitrogens is 4. The average molecular weight is 534 g/mol. The van der Waals surface area contributed by atoms with Crippen LogP contribution >= 0.6 is 0 Å². The Labute approximate surface area is 209 Å². The molecule has 10 nitrogen and oxygen atoms in total. The molecule has 1 aliphatic heterocycles. The van der Waals surface area contributed by atoms with Gasteiger partial charge in [0.25, 0.3) is 0 Å². The van der Waals surface area contributed by atoms with E-state index in [1.807, 2.05) is 0 Å². The average Bonchev–Trinajstić information content (AvgIpc) is 3.51. The lowest BCUT2D eigenvalue weighted by atomic mass is 10.1. The Morgan fingerprint density at radius 1 is 1.03 bits per heavy atom. The summed E-state index contributed by atoms with van der Waals surface area (Å²) < 4.78 is 76.4. The van der Waals surface area contributed by atoms with Gasteiger partial charge in [-0.1, -0.05) is 0 Å². The number of amides is 1. The molecule has 38 heavy (non-hydrogen) atoms. The van der Waals surface area contributed by atoms with E-state index in [2.05, 4.69) is 15.1 Å². The van der Waals surface area contributed by atoms with E-state index in [1.54, 1.807) is 0 Å². The Morgan fingerprint density at radius 3 is 2.39 bits per heavy atom. The van der Waals surface area contributed by atoms with Crippen molar-refractivity contribution in [2.24, 2.45) is 0 Å². The summed E-state index contributed by atoms with van der Waals surface area (Å²) in [7, 11) is 0. The van der Waals surface area contributed by atoms with Crippen molar-refractivity contribution in [1.82, 2.24) is 24.6 Å². The molecule has 2 aromatic heterocycles. The quantitative estimate of drug-likeness (QED) is 0.231. The molecule has 4 aromatic rings. The van der Waals surface area contributed by atoms with Crippen LogP contribution in [0.5, 0.6) is 11.5 Å². The highest BCUT2D eigenvalue weighted by molar-refractivity contribution is 6.31. The predicted octanol–water partition coefficient (Wildman–Crippen LogP) is 3.42. The normalized spacial score (nSPS) is 15.3. The summed E-state index contributed by atoms with van der Waals surface area (Å²) in [6, 6.07) is 2.46. The Balaban J connectivity index is 1.53. The third-order valence-electron chi connectivity index (χ3n) is 5.98. The van der Waals surface area contributed by atoms with Crippen LogP contribution in [-0.2, 0) is 9.59 Å². The molecular formula is C23H15F5N6O4. The van der Waals surface area contributed by atoms with Gasteiger partial charge in [0.2, 0.25) is 17.4 Å². The summed E-state index contributed by atoms with van der Waals surface area (Å²) in [6.45, 7) is 0.142. The van der Waals surface area contributed by atoms with Crippen molar-refractivity contribution >= 4 is 28.7 Å². The zero-order valence-electron chi connectivity index (χ0n) is 19.0. The van der Waals surface area contributed by atoms with Crippen LogP contribution in [0.4, 0.5) is 27.8 Å². The summed E-state index contributed by atoms with van der Waals surface area (Å²) in [5.41, 5.74) is 6.05. The number of hydrogen-bond donors (Lipinski definition) is 2. The number of halogens is 5. The van der Waals surface area contributed by atoms with Crippen molar-refractivity contribution in [3.05, 3.63) is 59.7 Å². The molecule has 0 radical (unpaired) electrons. The number of ether oxygens (including phenoxy) is 1. The first-order valence-corrected chi connectivity index (χ1v) is 10.9. The van der Waals surface area contributed by atoms with Crippen molar-refractivity contribution in [1.29, 1.82) is 0 Å². The van der Waals surface area contributed by atoms with E-state index in [4.69, 9.17) is 15.6 Å². The Morgan fingerprint density at radius 2 is 1.74 bits per heavy atom. The van der Waals surface area contributed by atoms with Crippen LogP contribution in [0.15, 0.2) is 30.6 Å². The first-order valence-electron chi connectivity index (χ1n) is 10.9. The van der Waals surface area contributed by atoms with Gasteiger partial charge >= 0.3 is 11.9 Å². The van der Waals surface area contributed by atoms with Gasteiger partial charge in [0, 0.05) is 30.8 Å². The zero-order valence-corrected chi connectivity index (χ0v) is 19.0. The number of likely N-dealkylation sites (tertiary alicyclic amines) is 1. The van der Waals surface area contributed by atoms with Gasteiger partial charge in [-0.05, 0) is 18.6 Å². The van der Waals surface area contributed by atoms with E-state index in [0.717, 1.165) is 29.4 Å². The number of nitrogens with zero attached hydrogens (tertiary/aromatic N) is 5. The fourth-order valence-corrected chi connectivity index (χ4v) is 4.21. The molecule has 0 spiro atoms. The number of nitrogen functional groups attached to an aromatic ring is 1. The van der Waals surface area contributed by atoms with E-state index in [1.165, 1.54) is 4.68 Å². The number of fused-ring (bicyclic) bond motifs is 1. The topological polar surface area (TPSA) is 136 Å². The van der Waals surface area contributed by atoms with Crippen LogP contribution in [0.25, 0.3) is 22.3 Å². The van der Waals surface area contributed by atoms with Crippen molar-refractivity contribution in [3.8, 4) is 22.8 Å². The highest BCUT2D eigenvalue weighted by Gasteiger charge is 2.33. The SMILES string of the molecule is Nc1ncnc2c1c(-c1ccc(Oc3c(F)c(F)cc(F)c3F)cc1F)nn2[C@@H]1CCN(C(=O)C(=O)O)C1. The molecule has 1 amide bonds. The third kappa shape index (κ3) is 4.10. The number of nitrogens with two attached hydrogens (primary N) is 1. The molecule has 15 heteroatoms. The molecular weight excluding hydrogens is 519 g/mol. The highest BCUT2D eigenvalue weighted by atomic mass is 19.2. The standard InChI is InChI=1S/C23H15F5N6O4/c24-12-5-10(38-19-16(27)13(25)6-14(26)17(19)28)1-2-11(12)18-15-20(29)30-8-31-21(15)34(32-18)9-3-4-33(7-9)22(35)23(36)37/h1-2,5-6,8-9H,3-4,7H2,(H,36,37)(H2,29,30,31)/t9-/m1/s1. The molecule has 0 bridgehead atoms. The highest BCUT2D eigenvalue weighted by Crippen LogP contribution is 2.37. The smallest absolute Gasteiger partial charge is 0.394 e. The largest absolute Gasteiger partial charge is 0.474 e. The maximum absolute atomic E-state index is 15.2. The van der Waals surface area contributed by atoms with E-state index >= 15 is 4.39 Å². The van der Waals surface area contributed by atoms with Gasteiger partial charge in [-0.25, -0.2) is 32.6 Å². The van der Waals surface area contributed by atoms with Crippen molar-refractivity contribution < 1.29 is 41.4 Å². The Kier molecular flexibility index (Phi) is 6.05. The summed E-state index contributed by atoms with van der Waals surface area (Å²) in [5.74, 6) is -12.6. The molecule has 1 atom stereocenters. The maximum atomic E-state index is 15.2. The van der Waals surface area contributed by atoms with Gasteiger partial charge in [-0.15, -0.1) is 0 Å². The summed E-state index contributed by atoms with van der Waals surface area (Å²) >= 11 is 0. The van der Waals surface area contributed by atoms with Crippen molar-refractivity contribution in [2.45, 2.75) is 12.5 Å². The number of rotatable bonds is 4. The second kappa shape index (κ2) is 9.24. The van der Waals surface area contributed by atoms with Gasteiger partial charge in [0.05, 0.1) is 11.4 Å². The number of carbonyl (C=O) groups excluding carboxylic acids is 1. The van der Waals surface area contributed by atoms with Crippen molar-refractivity contribution in [2.75, 3.05) is 18.8 Å². The molecule has 2 aromatic carbocycles. The molecule has 196 valence electrons. The predicted molar refractivity (Wildman–Crippen MR) is 119 cm³/mol. The van der Waals surface area contributed by atoms with Crippen LogP contribution in [0, 0.1) is 29.1 Å². The van der Waals surface area contributed by atoms with Crippen LogP contribution in [0.1, 0.15) is 12.5 Å². The molecule has 0 saturated carbocycles. The molecule has 0 unspecified atom stereocenters. The van der Waals surface area contributed by atoms with E-state index in [0.29, 0.717) is 6.42 Å². The van der Waals surface area contributed by atoms with Gasteiger partial charge < -0.3 is 20.5 Å². The lowest BCUT2D eigenvalue weighted by molar-refractivity contribution is -0.155. The molecule has 5 rings (SSSR count). The van der Waals surface area contributed by atoms with Crippen LogP contribution in [0.2, 0.25) is 0 Å². The van der Waals surface area contributed by atoms with E-state index in [-0.39, 0.29) is 47.3 Å². The molecule has 1 aliphatic rings. The summed E-state index contributed by atoms with van der Waals surface area (Å²) in [4.78, 5) is 32.1. The third-order valence-corrected chi connectivity index (χ3v) is 5.98. The number of anilines is 1. The number of carbonyl (C=O) groups is 2. The summed E-state index contributed by atoms with van der Waals surface area (Å²) in [5, 5.41) is 13.6. The number of carboxylic acids is 1. The lowest BCUT2D eigenvalue weighted by Crippen LogP contribution is -2.34. The monoisotopic (exact) mass is 534 g/mol. The van der Waals surface area contributed by atoms with Gasteiger partial charge in [0.15, 0.2) is 17.3 Å². The fraction of sp³-hybridized carbons (Fsp3) is 0.174. The Hall–Kier alpha value is -4.82. The van der Waals surface area contributed by atoms with Gasteiger partial charge in [-0.2, -0.15) is 13.9 Å².